The van der Waals surface area contributed by atoms with Gasteiger partial charge in [-0.3, -0.25) is 14.4 Å². The number of thiophene rings is 2. The third-order valence-electron chi connectivity index (χ3n) is 8.91. The molecule has 5 unspecified atom stereocenters. The summed E-state index contributed by atoms with van der Waals surface area (Å²) in [5.41, 5.74) is -0.518. The van der Waals surface area contributed by atoms with Crippen molar-refractivity contribution < 1.29 is 28.7 Å². The van der Waals surface area contributed by atoms with Gasteiger partial charge in [0.2, 0.25) is 11.8 Å². The molecule has 2 aliphatic rings. The molecule has 268 valence electrons. The molecule has 12 nitrogen and oxygen atoms in total. The lowest BCUT2D eigenvalue weighted by atomic mass is 9.85. The molecule has 4 heterocycles. The number of rotatable bonds is 10. The van der Waals surface area contributed by atoms with Gasteiger partial charge in [0.25, 0.3) is 5.56 Å². The zero-order valence-electron chi connectivity index (χ0n) is 29.5. The van der Waals surface area contributed by atoms with Crippen LogP contribution in [0.2, 0.25) is 0 Å². The second-order valence-corrected chi connectivity index (χ2v) is 16.3. The van der Waals surface area contributed by atoms with Crippen molar-refractivity contribution in [2.45, 2.75) is 90.6 Å². The molecule has 3 amide bonds. The molecular formula is C36H45N5O7S2. The molecule has 2 fully saturated rings. The molecule has 5 atom stereocenters. The third kappa shape index (κ3) is 7.55. The van der Waals surface area contributed by atoms with Crippen LogP contribution in [-0.2, 0) is 23.9 Å². The van der Waals surface area contributed by atoms with Crippen LogP contribution in [0.15, 0.2) is 57.3 Å². The summed E-state index contributed by atoms with van der Waals surface area (Å²) in [6, 6.07) is 0.893. The first kappa shape index (κ1) is 37.0. The standard InChI is InChI=1S/C36H45N5O7S2/c1-9-23-16-36(23,32(45)47-10-2)39-29(42)26-15-24(18-40(26)31(44)28(34(3,4)5)38-33(46)48-35(6,7)8)41-30(43)27(22-12-14-50-20-22)25(17-37-41)21-11-13-49-19-21/h9,11-14,17,19-20,23-24,26,28H,1,10,15-16,18H2,2-8H3,(H,38,46)(H,39,42). The van der Waals surface area contributed by atoms with E-state index in [4.69, 9.17) is 9.47 Å². The maximum absolute atomic E-state index is 14.5. The van der Waals surface area contributed by atoms with Crippen molar-refractivity contribution in [3.63, 3.8) is 0 Å². The van der Waals surface area contributed by atoms with Gasteiger partial charge in [0.1, 0.15) is 23.2 Å². The topological polar surface area (TPSA) is 149 Å². The van der Waals surface area contributed by atoms with Gasteiger partial charge in [-0.2, -0.15) is 27.8 Å². The Morgan fingerprint density at radius 2 is 1.76 bits per heavy atom. The van der Waals surface area contributed by atoms with E-state index in [-0.39, 0.29) is 31.0 Å². The Morgan fingerprint density at radius 3 is 2.30 bits per heavy atom. The van der Waals surface area contributed by atoms with Gasteiger partial charge in [-0.15, -0.1) is 6.58 Å². The van der Waals surface area contributed by atoms with Crippen molar-refractivity contribution in [2.24, 2.45) is 11.3 Å². The number of likely N-dealkylation sites (tertiary alicyclic amines) is 1. The highest BCUT2D eigenvalue weighted by Gasteiger charge is 2.62. The number of amides is 3. The Hall–Kier alpha value is -4.30. The Labute approximate surface area is 299 Å². The summed E-state index contributed by atoms with van der Waals surface area (Å²) in [4.78, 5) is 70.5. The fraction of sp³-hybridized carbons (Fsp3) is 0.500. The van der Waals surface area contributed by atoms with Gasteiger partial charge in [0, 0.05) is 24.4 Å². The molecule has 2 N–H and O–H groups in total. The lowest BCUT2D eigenvalue weighted by molar-refractivity contribution is -0.150. The van der Waals surface area contributed by atoms with Gasteiger partial charge in [-0.1, -0.05) is 26.8 Å². The number of esters is 1. The first-order chi connectivity index (χ1) is 23.5. The summed E-state index contributed by atoms with van der Waals surface area (Å²) in [5, 5.41) is 17.9. The zero-order valence-corrected chi connectivity index (χ0v) is 31.1. The van der Waals surface area contributed by atoms with Crippen molar-refractivity contribution in [1.29, 1.82) is 0 Å². The number of alkyl carbamates (subject to hydrolysis) is 1. The quantitative estimate of drug-likeness (QED) is 0.209. The normalized spacial score (nSPS) is 22.4. The Kier molecular flexibility index (Phi) is 10.5. The van der Waals surface area contributed by atoms with Crippen molar-refractivity contribution in [3.8, 4) is 22.3 Å². The van der Waals surface area contributed by atoms with E-state index in [2.05, 4.69) is 22.3 Å². The number of hydrogen-bond donors (Lipinski definition) is 2. The number of ether oxygens (including phenoxy) is 2. The van der Waals surface area contributed by atoms with Crippen molar-refractivity contribution in [1.82, 2.24) is 25.3 Å². The number of carbonyl (C=O) groups excluding carboxylic acids is 4. The summed E-state index contributed by atoms with van der Waals surface area (Å²) in [6.07, 6.45) is 2.81. The van der Waals surface area contributed by atoms with Gasteiger partial charge in [0.15, 0.2) is 0 Å². The maximum atomic E-state index is 14.5. The number of nitrogens with zero attached hydrogens (tertiary/aromatic N) is 3. The number of carbonyl (C=O) groups is 4. The smallest absolute Gasteiger partial charge is 0.408 e. The summed E-state index contributed by atoms with van der Waals surface area (Å²) in [6.45, 7) is 16.1. The van der Waals surface area contributed by atoms with Crippen LogP contribution < -0.4 is 16.2 Å². The van der Waals surface area contributed by atoms with Crippen LogP contribution in [-0.4, -0.2) is 74.9 Å². The van der Waals surface area contributed by atoms with Crippen LogP contribution in [0.25, 0.3) is 22.3 Å². The average Bonchev–Trinajstić information content (AvgIpc) is 3.54. The molecule has 50 heavy (non-hydrogen) atoms. The molecule has 1 saturated carbocycles. The van der Waals surface area contributed by atoms with E-state index < -0.39 is 58.6 Å². The lowest BCUT2D eigenvalue weighted by Gasteiger charge is -2.36. The highest BCUT2D eigenvalue weighted by molar-refractivity contribution is 7.08. The summed E-state index contributed by atoms with van der Waals surface area (Å²) in [7, 11) is 0. The molecule has 0 aromatic carbocycles. The number of nitrogens with one attached hydrogen (secondary N) is 2. The third-order valence-corrected chi connectivity index (χ3v) is 10.3. The summed E-state index contributed by atoms with van der Waals surface area (Å²) < 4.78 is 12.1. The minimum absolute atomic E-state index is 0.0340. The van der Waals surface area contributed by atoms with Gasteiger partial charge >= 0.3 is 12.1 Å². The van der Waals surface area contributed by atoms with Crippen LogP contribution >= 0.6 is 22.7 Å². The zero-order chi connectivity index (χ0) is 36.6. The van der Waals surface area contributed by atoms with E-state index in [0.29, 0.717) is 17.5 Å². The van der Waals surface area contributed by atoms with Gasteiger partial charge < -0.3 is 25.0 Å². The van der Waals surface area contributed by atoms with Gasteiger partial charge in [0.05, 0.1) is 24.4 Å². The predicted octanol–water partition coefficient (Wildman–Crippen LogP) is 5.41. The maximum Gasteiger partial charge on any atom is 0.408 e. The van der Waals surface area contributed by atoms with Crippen molar-refractivity contribution >= 4 is 46.6 Å². The van der Waals surface area contributed by atoms with Crippen LogP contribution in [0.3, 0.4) is 0 Å². The Balaban J connectivity index is 1.55. The summed E-state index contributed by atoms with van der Waals surface area (Å²) >= 11 is 2.98. The predicted molar refractivity (Wildman–Crippen MR) is 193 cm³/mol. The molecule has 3 aromatic heterocycles. The first-order valence-electron chi connectivity index (χ1n) is 16.6. The SMILES string of the molecule is C=CC1CC1(NC(=O)C1CC(n2ncc(-c3ccsc3)c(-c3ccsc3)c2=O)CN1C(=O)C(NC(=O)OC(C)(C)C)C(C)(C)C)C(=O)OCC. The molecule has 14 heteroatoms. The van der Waals surface area contributed by atoms with Gasteiger partial charge in [-0.25, -0.2) is 14.3 Å². The minimum Gasteiger partial charge on any atom is -0.464 e. The monoisotopic (exact) mass is 723 g/mol. The number of aromatic nitrogens is 2. The van der Waals surface area contributed by atoms with Gasteiger partial charge in [-0.05, 0) is 84.3 Å². The van der Waals surface area contributed by atoms with E-state index in [1.807, 2.05) is 33.7 Å². The van der Waals surface area contributed by atoms with E-state index in [1.165, 1.54) is 32.3 Å². The number of hydrogen-bond acceptors (Lipinski definition) is 10. The van der Waals surface area contributed by atoms with E-state index in [1.54, 1.807) is 60.7 Å². The molecule has 3 aromatic rings. The molecule has 1 aliphatic carbocycles. The van der Waals surface area contributed by atoms with Crippen LogP contribution in [0.5, 0.6) is 0 Å². The fourth-order valence-electron chi connectivity index (χ4n) is 6.34. The van der Waals surface area contributed by atoms with Crippen molar-refractivity contribution in [2.75, 3.05) is 13.2 Å². The Morgan fingerprint density at radius 1 is 1.10 bits per heavy atom. The highest BCUT2D eigenvalue weighted by atomic mass is 32.1. The molecule has 5 rings (SSSR count). The van der Waals surface area contributed by atoms with Crippen LogP contribution in [0.4, 0.5) is 4.79 Å². The lowest BCUT2D eigenvalue weighted by Crippen LogP contribution is -2.59. The van der Waals surface area contributed by atoms with E-state index in [0.717, 1.165) is 11.1 Å². The average molecular weight is 724 g/mol. The summed E-state index contributed by atoms with van der Waals surface area (Å²) in [5.74, 6) is -2.03. The van der Waals surface area contributed by atoms with E-state index >= 15 is 0 Å². The molecule has 1 aliphatic heterocycles. The molecule has 1 saturated heterocycles. The molecule has 0 radical (unpaired) electrons. The Bertz CT molecular complexity index is 1810. The van der Waals surface area contributed by atoms with Crippen LogP contribution in [0.1, 0.15) is 67.3 Å². The molecule has 0 bridgehead atoms. The van der Waals surface area contributed by atoms with Crippen LogP contribution in [0, 0.1) is 11.3 Å². The van der Waals surface area contributed by atoms with E-state index in [9.17, 15) is 24.0 Å². The minimum atomic E-state index is -1.30. The first-order valence-corrected chi connectivity index (χ1v) is 18.5. The highest BCUT2D eigenvalue weighted by Crippen LogP contribution is 2.46. The largest absolute Gasteiger partial charge is 0.464 e. The van der Waals surface area contributed by atoms with Crippen molar-refractivity contribution in [3.05, 3.63) is 62.9 Å². The molecule has 0 spiro atoms. The second kappa shape index (κ2) is 14.1. The fourth-order valence-corrected chi connectivity index (χ4v) is 7.64. The molecular weight excluding hydrogens is 679 g/mol. The second-order valence-electron chi connectivity index (χ2n) is 14.8.